The molecule has 0 aromatic heterocycles. The number of phosphoric acid groups is 2. The highest BCUT2D eigenvalue weighted by Gasteiger charge is 2.58. The van der Waals surface area contributed by atoms with Gasteiger partial charge in [-0.3, -0.25) is 9.32 Å². The molecule has 2 aromatic rings. The van der Waals surface area contributed by atoms with E-state index in [4.69, 9.17) is 26.1 Å². The molecule has 0 saturated heterocycles. The van der Waals surface area contributed by atoms with Crippen LogP contribution < -0.4 is 9.80 Å². The quantitative estimate of drug-likeness (QED) is 0.372. The van der Waals surface area contributed by atoms with Gasteiger partial charge in [0.05, 0.1) is 18.4 Å². The molecule has 2 N–H and O–H groups in total. The molecule has 0 bridgehead atoms. The first kappa shape index (κ1) is 26.6. The number of methoxy groups -OCH3 is 1. The highest BCUT2D eigenvalue weighted by molar-refractivity contribution is 7.61. The Kier molecular flexibility index (Phi) is 6.95. The molecular formula is C17H14ClF4NO9P2. The van der Waals surface area contributed by atoms with Crippen LogP contribution >= 0.6 is 27.2 Å². The van der Waals surface area contributed by atoms with Crippen LogP contribution in [0.5, 0.6) is 5.75 Å². The Morgan fingerprint density at radius 2 is 1.71 bits per heavy atom. The van der Waals surface area contributed by atoms with Crippen LogP contribution in [0.3, 0.4) is 0 Å². The standard InChI is InChI=1S/C17H14ClF4NO9P2/c1-29-14-6-4-10(18)8-12(14)16(19)11-5-3-9(17(20,21)22)7-13(11)23(15(16)24)31-34(28,30-2)32-33(25,26)27/h3-8H,1-2H3,(H2,25,26,27)/t16-,34?/m0/s1. The molecule has 1 amide bonds. The summed E-state index contributed by atoms with van der Waals surface area (Å²) in [7, 11) is -9.20. The number of rotatable bonds is 7. The highest BCUT2D eigenvalue weighted by atomic mass is 35.5. The van der Waals surface area contributed by atoms with Crippen LogP contribution in [-0.2, 0) is 39.2 Å². The smallest absolute Gasteiger partial charge is 0.496 e. The molecule has 1 aliphatic heterocycles. The van der Waals surface area contributed by atoms with Gasteiger partial charge in [0.1, 0.15) is 5.75 Å². The largest absolute Gasteiger partial charge is 0.505 e. The molecule has 17 heteroatoms. The molecule has 34 heavy (non-hydrogen) atoms. The molecule has 0 spiro atoms. The Labute approximate surface area is 193 Å². The fourth-order valence-corrected chi connectivity index (χ4v) is 5.16. The number of hydrogen-bond acceptors (Lipinski definition) is 7. The van der Waals surface area contributed by atoms with Gasteiger partial charge >= 0.3 is 21.8 Å². The van der Waals surface area contributed by atoms with Crippen molar-refractivity contribution in [1.29, 1.82) is 0 Å². The summed E-state index contributed by atoms with van der Waals surface area (Å²) in [6.07, 6.45) is -4.95. The minimum atomic E-state index is -5.57. The normalized spacial score (nSPS) is 20.3. The summed E-state index contributed by atoms with van der Waals surface area (Å²) in [6, 6.07) is 4.90. The fourth-order valence-electron chi connectivity index (χ4n) is 3.13. The summed E-state index contributed by atoms with van der Waals surface area (Å²) in [5, 5.41) is -0.258. The van der Waals surface area contributed by atoms with Crippen LogP contribution in [0.15, 0.2) is 36.4 Å². The number of fused-ring (bicyclic) bond motifs is 1. The number of hydrogen-bond donors (Lipinski definition) is 2. The van der Waals surface area contributed by atoms with Crippen molar-refractivity contribution < 1.29 is 59.5 Å². The highest BCUT2D eigenvalue weighted by Crippen LogP contribution is 2.63. The third kappa shape index (κ3) is 4.86. The number of carbonyl (C=O) groups is 1. The molecule has 1 unspecified atom stereocenters. The molecule has 2 aromatic carbocycles. The van der Waals surface area contributed by atoms with Gasteiger partial charge in [-0.2, -0.15) is 27.2 Å². The minimum Gasteiger partial charge on any atom is -0.496 e. The summed E-state index contributed by atoms with van der Waals surface area (Å²) < 4.78 is 98.1. The second kappa shape index (κ2) is 8.89. The van der Waals surface area contributed by atoms with Crippen molar-refractivity contribution in [1.82, 2.24) is 0 Å². The van der Waals surface area contributed by atoms with Crippen molar-refractivity contribution >= 4 is 38.8 Å². The molecule has 186 valence electrons. The summed E-state index contributed by atoms with van der Waals surface area (Å²) >= 11 is 5.91. The molecule has 2 atom stereocenters. The van der Waals surface area contributed by atoms with Gasteiger partial charge in [0.15, 0.2) is 0 Å². The maximum Gasteiger partial charge on any atom is 0.505 e. The SMILES string of the molecule is COc1ccc(Cl)cc1[C@]1(F)C(=O)N(OP(=O)(OC)OP(=O)(O)O)c2cc(C(F)(F)F)ccc21. The molecule has 0 aliphatic carbocycles. The van der Waals surface area contributed by atoms with Crippen LogP contribution in [0.4, 0.5) is 23.2 Å². The van der Waals surface area contributed by atoms with Crippen molar-refractivity contribution in [3.8, 4) is 5.75 Å². The number of hydroxylamine groups is 1. The van der Waals surface area contributed by atoms with E-state index in [1.165, 1.54) is 12.1 Å². The van der Waals surface area contributed by atoms with Gasteiger partial charge in [-0.15, -0.1) is 0 Å². The zero-order chi connectivity index (χ0) is 25.7. The minimum absolute atomic E-state index is 0.0687. The summed E-state index contributed by atoms with van der Waals surface area (Å²) in [6.45, 7) is 0. The maximum atomic E-state index is 16.5. The molecule has 1 heterocycles. The molecule has 10 nitrogen and oxygen atoms in total. The number of amides is 1. The van der Waals surface area contributed by atoms with E-state index < -0.39 is 55.8 Å². The first-order valence-corrected chi connectivity index (χ1v) is 12.1. The van der Waals surface area contributed by atoms with Crippen LogP contribution in [-0.4, -0.2) is 29.9 Å². The predicted molar refractivity (Wildman–Crippen MR) is 108 cm³/mol. The van der Waals surface area contributed by atoms with Crippen molar-refractivity contribution in [3.05, 3.63) is 58.1 Å². The zero-order valence-corrected chi connectivity index (χ0v) is 19.5. The van der Waals surface area contributed by atoms with E-state index in [0.29, 0.717) is 25.3 Å². The molecule has 0 radical (unpaired) electrons. The van der Waals surface area contributed by atoms with Gasteiger partial charge in [0.2, 0.25) is 5.67 Å². The Bertz CT molecular complexity index is 1240. The second-order valence-corrected chi connectivity index (χ2v) is 10.1. The molecule has 1 aliphatic rings. The van der Waals surface area contributed by atoms with Crippen molar-refractivity contribution in [2.45, 2.75) is 11.8 Å². The van der Waals surface area contributed by atoms with E-state index >= 15 is 4.39 Å². The van der Waals surface area contributed by atoms with Gasteiger partial charge in [0.25, 0.3) is 5.91 Å². The number of nitrogens with zero attached hydrogens (tertiary/aromatic N) is 1. The third-order valence-corrected chi connectivity index (χ3v) is 7.23. The van der Waals surface area contributed by atoms with E-state index in [1.54, 1.807) is 0 Å². The monoisotopic (exact) mass is 549 g/mol. The van der Waals surface area contributed by atoms with Gasteiger partial charge in [-0.05, 0) is 30.3 Å². The van der Waals surface area contributed by atoms with E-state index in [9.17, 15) is 27.1 Å². The van der Waals surface area contributed by atoms with Crippen LogP contribution in [0.25, 0.3) is 0 Å². The number of halogens is 5. The number of ether oxygens (including phenoxy) is 1. The topological polar surface area (TPSA) is 132 Å². The van der Waals surface area contributed by atoms with Crippen LogP contribution in [0, 0.1) is 0 Å². The lowest BCUT2D eigenvalue weighted by Gasteiger charge is -2.24. The van der Waals surface area contributed by atoms with E-state index in [-0.39, 0.29) is 15.8 Å². The average molecular weight is 550 g/mol. The van der Waals surface area contributed by atoms with Gasteiger partial charge in [0, 0.05) is 23.3 Å². The number of alkyl halides is 4. The summed E-state index contributed by atoms with van der Waals surface area (Å²) in [5.41, 5.74) is -6.78. The first-order chi connectivity index (χ1) is 15.6. The first-order valence-electron chi connectivity index (χ1n) is 8.77. The van der Waals surface area contributed by atoms with E-state index in [2.05, 4.69) is 13.5 Å². The summed E-state index contributed by atoms with van der Waals surface area (Å²) in [5.74, 6) is -1.98. The third-order valence-electron chi connectivity index (χ3n) is 4.54. The van der Waals surface area contributed by atoms with Crippen molar-refractivity contribution in [2.75, 3.05) is 19.3 Å². The Morgan fingerprint density at radius 3 is 2.24 bits per heavy atom. The summed E-state index contributed by atoms with van der Waals surface area (Å²) in [4.78, 5) is 31.1. The van der Waals surface area contributed by atoms with Crippen LogP contribution in [0.1, 0.15) is 16.7 Å². The number of carbonyl (C=O) groups excluding carboxylic acids is 1. The Balaban J connectivity index is 2.26. The zero-order valence-electron chi connectivity index (χ0n) is 16.9. The number of anilines is 1. The van der Waals surface area contributed by atoms with Gasteiger partial charge in [-0.25, -0.2) is 13.5 Å². The van der Waals surface area contributed by atoms with Gasteiger partial charge in [-0.1, -0.05) is 17.7 Å². The van der Waals surface area contributed by atoms with E-state index in [0.717, 1.165) is 13.2 Å². The lowest BCUT2D eigenvalue weighted by Crippen LogP contribution is -2.38. The Morgan fingerprint density at radius 1 is 1.06 bits per heavy atom. The second-order valence-electron chi connectivity index (χ2n) is 6.62. The lowest BCUT2D eigenvalue weighted by atomic mass is 9.88. The van der Waals surface area contributed by atoms with E-state index in [1.807, 2.05) is 0 Å². The average Bonchev–Trinajstić information content (AvgIpc) is 2.94. The number of benzene rings is 2. The van der Waals surface area contributed by atoms with Gasteiger partial charge < -0.3 is 14.5 Å². The van der Waals surface area contributed by atoms with Crippen molar-refractivity contribution in [3.63, 3.8) is 0 Å². The molecular weight excluding hydrogens is 536 g/mol. The molecule has 3 rings (SSSR count). The van der Waals surface area contributed by atoms with Crippen molar-refractivity contribution in [2.24, 2.45) is 0 Å². The molecule has 0 fully saturated rings. The molecule has 0 saturated carbocycles. The lowest BCUT2D eigenvalue weighted by molar-refractivity contribution is -0.137. The Hall–Kier alpha value is -2.02. The maximum absolute atomic E-state index is 16.5. The fraction of sp³-hybridized carbons (Fsp3) is 0.235. The van der Waals surface area contributed by atoms with Crippen LogP contribution in [0.2, 0.25) is 5.02 Å². The predicted octanol–water partition coefficient (Wildman–Crippen LogP) is 4.72.